The SMILES string of the molecule is N#Cc1c2n(c(=O)c3ccccc13)-c1ccccc1C2=Nc1ccccc1. The Bertz CT molecular complexity index is 1340. The molecule has 1 aromatic heterocycles. The fourth-order valence-corrected chi connectivity index (χ4v) is 3.66. The van der Waals surface area contributed by atoms with Gasteiger partial charge in [0.15, 0.2) is 0 Å². The molecule has 27 heavy (non-hydrogen) atoms. The standard InChI is InChI=1S/C23H13N3O/c24-14-19-16-10-4-5-11-17(16)23(27)26-20-13-7-6-12-18(20)21(22(19)26)25-15-8-2-1-3-9-15/h1-13H. The third-order valence-corrected chi connectivity index (χ3v) is 4.82. The molecule has 5 rings (SSSR count). The second-order valence-electron chi connectivity index (χ2n) is 6.33. The van der Waals surface area contributed by atoms with Gasteiger partial charge in [0.05, 0.1) is 28.3 Å². The molecule has 0 bridgehead atoms. The van der Waals surface area contributed by atoms with Crippen LogP contribution in [0.15, 0.2) is 88.6 Å². The van der Waals surface area contributed by atoms with Gasteiger partial charge in [-0.25, -0.2) is 4.99 Å². The van der Waals surface area contributed by atoms with E-state index >= 15 is 0 Å². The molecule has 4 heteroatoms. The number of pyridine rings is 1. The lowest BCUT2D eigenvalue weighted by molar-refractivity contribution is 1.01. The van der Waals surface area contributed by atoms with Crippen LogP contribution in [0.4, 0.5) is 5.69 Å². The topological polar surface area (TPSA) is 58.1 Å². The molecule has 4 aromatic rings. The normalized spacial score (nSPS) is 13.4. The van der Waals surface area contributed by atoms with E-state index in [9.17, 15) is 10.1 Å². The van der Waals surface area contributed by atoms with Crippen LogP contribution in [0.5, 0.6) is 0 Å². The van der Waals surface area contributed by atoms with Gasteiger partial charge in [-0.2, -0.15) is 5.26 Å². The number of rotatable bonds is 1. The maximum atomic E-state index is 13.2. The van der Waals surface area contributed by atoms with Crippen molar-refractivity contribution in [3.8, 4) is 11.8 Å². The van der Waals surface area contributed by atoms with E-state index in [1.807, 2.05) is 72.8 Å². The van der Waals surface area contributed by atoms with Crippen LogP contribution < -0.4 is 5.56 Å². The van der Waals surface area contributed by atoms with Gasteiger partial charge in [-0.1, -0.05) is 54.6 Å². The quantitative estimate of drug-likeness (QED) is 0.453. The molecule has 1 aliphatic heterocycles. The maximum absolute atomic E-state index is 13.2. The van der Waals surface area contributed by atoms with Crippen LogP contribution in [0, 0.1) is 11.3 Å². The molecule has 0 fully saturated rings. The summed E-state index contributed by atoms with van der Waals surface area (Å²) < 4.78 is 1.62. The zero-order valence-corrected chi connectivity index (χ0v) is 14.3. The van der Waals surface area contributed by atoms with Gasteiger partial charge in [-0.3, -0.25) is 9.36 Å². The highest BCUT2D eigenvalue weighted by Gasteiger charge is 2.30. The van der Waals surface area contributed by atoms with Crippen molar-refractivity contribution in [1.82, 2.24) is 4.57 Å². The molecule has 0 unspecified atom stereocenters. The first-order valence-corrected chi connectivity index (χ1v) is 8.61. The van der Waals surface area contributed by atoms with Crippen molar-refractivity contribution < 1.29 is 0 Å². The monoisotopic (exact) mass is 347 g/mol. The lowest BCUT2D eigenvalue weighted by atomic mass is 10.0. The Balaban J connectivity index is 1.98. The summed E-state index contributed by atoms with van der Waals surface area (Å²) in [4.78, 5) is 18.1. The Morgan fingerprint density at radius 2 is 1.48 bits per heavy atom. The largest absolute Gasteiger partial charge is 0.273 e. The number of aromatic nitrogens is 1. The van der Waals surface area contributed by atoms with E-state index in [-0.39, 0.29) is 5.56 Å². The van der Waals surface area contributed by atoms with Gasteiger partial charge < -0.3 is 0 Å². The lowest BCUT2D eigenvalue weighted by Gasteiger charge is -2.10. The van der Waals surface area contributed by atoms with Crippen LogP contribution in [0.25, 0.3) is 16.5 Å². The number of aliphatic imine (C=N–C) groups is 1. The first kappa shape index (κ1) is 15.3. The van der Waals surface area contributed by atoms with Crippen molar-refractivity contribution in [2.24, 2.45) is 4.99 Å². The minimum atomic E-state index is -0.134. The fraction of sp³-hybridized carbons (Fsp3) is 0. The van der Waals surface area contributed by atoms with E-state index in [1.54, 1.807) is 10.6 Å². The van der Waals surface area contributed by atoms with Crippen molar-refractivity contribution in [3.63, 3.8) is 0 Å². The predicted molar refractivity (Wildman–Crippen MR) is 106 cm³/mol. The Morgan fingerprint density at radius 3 is 2.26 bits per heavy atom. The summed E-state index contributed by atoms with van der Waals surface area (Å²) >= 11 is 0. The molecule has 0 aliphatic carbocycles. The van der Waals surface area contributed by atoms with E-state index in [1.165, 1.54) is 0 Å². The molecular weight excluding hydrogens is 334 g/mol. The lowest BCUT2D eigenvalue weighted by Crippen LogP contribution is -2.21. The second-order valence-corrected chi connectivity index (χ2v) is 6.33. The second kappa shape index (κ2) is 5.79. The number of hydrogen-bond acceptors (Lipinski definition) is 3. The number of nitrogens with zero attached hydrogens (tertiary/aromatic N) is 3. The Hall–Kier alpha value is -3.97. The van der Waals surface area contributed by atoms with Crippen LogP contribution >= 0.6 is 0 Å². The number of fused-ring (bicyclic) bond motifs is 4. The molecule has 0 radical (unpaired) electrons. The number of benzene rings is 3. The molecular formula is C23H13N3O. The van der Waals surface area contributed by atoms with E-state index in [0.717, 1.165) is 16.9 Å². The van der Waals surface area contributed by atoms with E-state index in [4.69, 9.17) is 4.99 Å². The summed E-state index contributed by atoms with van der Waals surface area (Å²) in [5.41, 5.74) is 3.93. The first-order chi connectivity index (χ1) is 13.3. The van der Waals surface area contributed by atoms with Crippen molar-refractivity contribution in [2.45, 2.75) is 0 Å². The van der Waals surface area contributed by atoms with Crippen LogP contribution in [-0.4, -0.2) is 10.3 Å². The zero-order chi connectivity index (χ0) is 18.4. The fourth-order valence-electron chi connectivity index (χ4n) is 3.66. The smallest absolute Gasteiger partial charge is 0.263 e. The summed E-state index contributed by atoms with van der Waals surface area (Å²) in [6.45, 7) is 0. The van der Waals surface area contributed by atoms with Gasteiger partial charge in [0, 0.05) is 16.3 Å². The van der Waals surface area contributed by atoms with E-state index in [2.05, 4.69) is 6.07 Å². The third kappa shape index (κ3) is 2.16. The van der Waals surface area contributed by atoms with E-state index < -0.39 is 0 Å². The Labute approximate surface area is 155 Å². The molecule has 0 N–H and O–H groups in total. The molecule has 0 saturated heterocycles. The molecule has 2 heterocycles. The van der Waals surface area contributed by atoms with Gasteiger partial charge in [0.1, 0.15) is 6.07 Å². The average Bonchev–Trinajstić information content (AvgIpc) is 3.04. The average molecular weight is 347 g/mol. The molecule has 4 nitrogen and oxygen atoms in total. The summed E-state index contributed by atoms with van der Waals surface area (Å²) in [6, 6.07) is 26.8. The number of hydrogen-bond donors (Lipinski definition) is 0. The van der Waals surface area contributed by atoms with E-state index in [0.29, 0.717) is 27.7 Å². The Morgan fingerprint density at radius 1 is 0.815 bits per heavy atom. The van der Waals surface area contributed by atoms with Crippen LogP contribution in [0.3, 0.4) is 0 Å². The molecule has 126 valence electrons. The van der Waals surface area contributed by atoms with Gasteiger partial charge >= 0.3 is 0 Å². The van der Waals surface area contributed by atoms with Gasteiger partial charge in [0.25, 0.3) is 5.56 Å². The van der Waals surface area contributed by atoms with Crippen molar-refractivity contribution in [2.75, 3.05) is 0 Å². The highest BCUT2D eigenvalue weighted by Crippen LogP contribution is 2.33. The third-order valence-electron chi connectivity index (χ3n) is 4.82. The molecule has 0 amide bonds. The van der Waals surface area contributed by atoms with Gasteiger partial charge in [0.2, 0.25) is 0 Å². The molecule has 0 saturated carbocycles. The minimum absolute atomic E-state index is 0.134. The summed E-state index contributed by atoms with van der Waals surface area (Å²) in [5, 5.41) is 11.1. The van der Waals surface area contributed by atoms with Crippen LogP contribution in [-0.2, 0) is 0 Å². The van der Waals surface area contributed by atoms with Crippen molar-refractivity contribution in [1.29, 1.82) is 5.26 Å². The molecule has 0 atom stereocenters. The highest BCUT2D eigenvalue weighted by atomic mass is 16.1. The first-order valence-electron chi connectivity index (χ1n) is 8.61. The minimum Gasteiger partial charge on any atom is -0.273 e. The maximum Gasteiger partial charge on any atom is 0.263 e. The number of nitriles is 1. The number of para-hydroxylation sites is 2. The van der Waals surface area contributed by atoms with Crippen molar-refractivity contribution in [3.05, 3.63) is 106 Å². The summed E-state index contributed by atoms with van der Waals surface area (Å²) in [7, 11) is 0. The summed E-state index contributed by atoms with van der Waals surface area (Å²) in [5.74, 6) is 0. The zero-order valence-electron chi connectivity index (χ0n) is 14.3. The van der Waals surface area contributed by atoms with Gasteiger partial charge in [-0.05, 0) is 24.3 Å². The molecule has 1 aliphatic rings. The van der Waals surface area contributed by atoms with Gasteiger partial charge in [-0.15, -0.1) is 0 Å². The Kier molecular flexibility index (Phi) is 3.28. The van der Waals surface area contributed by atoms with Crippen LogP contribution in [0.2, 0.25) is 0 Å². The predicted octanol–water partition coefficient (Wildman–Crippen LogP) is 4.34. The molecule has 3 aromatic carbocycles. The summed E-state index contributed by atoms with van der Waals surface area (Å²) in [6.07, 6.45) is 0. The van der Waals surface area contributed by atoms with Crippen molar-refractivity contribution >= 4 is 22.2 Å². The van der Waals surface area contributed by atoms with Crippen LogP contribution in [0.1, 0.15) is 16.8 Å². The molecule has 0 spiro atoms. The highest BCUT2D eigenvalue weighted by molar-refractivity contribution is 6.21.